The maximum atomic E-state index is 13.4. The van der Waals surface area contributed by atoms with Crippen LogP contribution in [-0.4, -0.2) is 27.8 Å². The summed E-state index contributed by atoms with van der Waals surface area (Å²) >= 11 is 3.21. The van der Waals surface area contributed by atoms with E-state index in [4.69, 9.17) is 4.98 Å². The average Bonchev–Trinajstić information content (AvgIpc) is 3.26. The number of carbonyl (C=O) groups is 1. The molecule has 2 heterocycles. The summed E-state index contributed by atoms with van der Waals surface area (Å²) < 4.78 is 1.83. The highest BCUT2D eigenvalue weighted by Gasteiger charge is 2.23. The molecule has 0 saturated carbocycles. The average molecular weight is 414 g/mol. The van der Waals surface area contributed by atoms with Crippen molar-refractivity contribution >= 4 is 39.2 Å². The van der Waals surface area contributed by atoms with E-state index in [1.807, 2.05) is 22.8 Å². The SMILES string of the molecule is CC(=O)NCCSc1nc2sc3c(c2c(=O)n1CCc1ccccc1)CCC3. The second-order valence-electron chi connectivity index (χ2n) is 6.96. The van der Waals surface area contributed by atoms with Gasteiger partial charge in [0.2, 0.25) is 5.91 Å². The fourth-order valence-corrected chi connectivity index (χ4v) is 5.80. The maximum Gasteiger partial charge on any atom is 0.263 e. The van der Waals surface area contributed by atoms with E-state index in [1.165, 1.54) is 34.7 Å². The summed E-state index contributed by atoms with van der Waals surface area (Å²) in [7, 11) is 0. The number of fused-ring (bicyclic) bond motifs is 3. The molecule has 7 heteroatoms. The van der Waals surface area contributed by atoms with Crippen molar-refractivity contribution < 1.29 is 4.79 Å². The summed E-state index contributed by atoms with van der Waals surface area (Å²) in [6.45, 7) is 2.68. The Morgan fingerprint density at radius 3 is 2.89 bits per heavy atom. The molecule has 4 rings (SSSR count). The number of amides is 1. The van der Waals surface area contributed by atoms with Crippen LogP contribution < -0.4 is 10.9 Å². The highest BCUT2D eigenvalue weighted by atomic mass is 32.2. The number of carbonyl (C=O) groups excluding carboxylic acids is 1. The number of hydrogen-bond acceptors (Lipinski definition) is 5. The van der Waals surface area contributed by atoms with Gasteiger partial charge in [0.05, 0.1) is 5.39 Å². The molecule has 1 amide bonds. The molecule has 0 bridgehead atoms. The van der Waals surface area contributed by atoms with Gasteiger partial charge >= 0.3 is 0 Å². The zero-order chi connectivity index (χ0) is 19.5. The van der Waals surface area contributed by atoms with Crippen molar-refractivity contribution in [2.75, 3.05) is 12.3 Å². The maximum absolute atomic E-state index is 13.4. The van der Waals surface area contributed by atoms with E-state index in [1.54, 1.807) is 11.3 Å². The Kier molecular flexibility index (Phi) is 5.82. The van der Waals surface area contributed by atoms with E-state index in [0.29, 0.717) is 18.8 Å². The lowest BCUT2D eigenvalue weighted by Crippen LogP contribution is -2.26. The van der Waals surface area contributed by atoms with Crippen LogP contribution in [0.1, 0.15) is 29.3 Å². The Hall–Kier alpha value is -2.12. The molecule has 1 aromatic carbocycles. The van der Waals surface area contributed by atoms with Crippen LogP contribution in [0.3, 0.4) is 0 Å². The van der Waals surface area contributed by atoms with Gasteiger partial charge in [-0.2, -0.15) is 0 Å². The summed E-state index contributed by atoms with van der Waals surface area (Å²) in [5.74, 6) is 0.647. The van der Waals surface area contributed by atoms with Crippen molar-refractivity contribution in [3.05, 3.63) is 56.7 Å². The molecule has 0 spiro atoms. The van der Waals surface area contributed by atoms with Crippen LogP contribution in [0.4, 0.5) is 0 Å². The molecule has 5 nitrogen and oxygen atoms in total. The van der Waals surface area contributed by atoms with Gasteiger partial charge in [-0.1, -0.05) is 42.1 Å². The van der Waals surface area contributed by atoms with Gasteiger partial charge in [0.25, 0.3) is 5.56 Å². The minimum absolute atomic E-state index is 0.0415. The molecule has 1 N–H and O–H groups in total. The summed E-state index contributed by atoms with van der Waals surface area (Å²) in [5, 5.41) is 4.38. The summed E-state index contributed by atoms with van der Waals surface area (Å²) in [4.78, 5) is 31.5. The monoisotopic (exact) mass is 413 g/mol. The number of aryl methyl sites for hydroxylation is 3. The van der Waals surface area contributed by atoms with Crippen LogP contribution in [-0.2, 0) is 30.6 Å². The topological polar surface area (TPSA) is 64.0 Å². The normalized spacial score (nSPS) is 13.0. The highest BCUT2D eigenvalue weighted by Crippen LogP contribution is 2.35. The zero-order valence-electron chi connectivity index (χ0n) is 15.9. The van der Waals surface area contributed by atoms with Crippen molar-refractivity contribution in [1.29, 1.82) is 0 Å². The Labute approximate surface area is 172 Å². The molecule has 1 aliphatic rings. The van der Waals surface area contributed by atoms with Gasteiger partial charge in [0.1, 0.15) is 4.83 Å². The summed E-state index contributed by atoms with van der Waals surface area (Å²) in [6, 6.07) is 10.2. The van der Waals surface area contributed by atoms with Crippen molar-refractivity contribution in [2.24, 2.45) is 0 Å². The van der Waals surface area contributed by atoms with Gasteiger partial charge in [-0.25, -0.2) is 4.98 Å². The fraction of sp³-hybridized carbons (Fsp3) is 0.381. The van der Waals surface area contributed by atoms with Crippen LogP contribution in [0.5, 0.6) is 0 Å². The van der Waals surface area contributed by atoms with Crippen molar-refractivity contribution in [3.63, 3.8) is 0 Å². The summed E-state index contributed by atoms with van der Waals surface area (Å²) in [5.41, 5.74) is 2.52. The second-order valence-corrected chi connectivity index (χ2v) is 9.10. The van der Waals surface area contributed by atoms with Gasteiger partial charge in [-0.3, -0.25) is 14.2 Å². The number of aromatic nitrogens is 2. The van der Waals surface area contributed by atoms with Gasteiger partial charge in [-0.15, -0.1) is 11.3 Å². The van der Waals surface area contributed by atoms with E-state index in [2.05, 4.69) is 17.4 Å². The van der Waals surface area contributed by atoms with Crippen LogP contribution in [0.25, 0.3) is 10.2 Å². The molecule has 0 radical (unpaired) electrons. The standard InChI is InChI=1S/C21H23N3O2S2/c1-14(25)22-11-13-27-21-23-19-18(16-8-5-9-17(16)28-19)20(26)24(21)12-10-15-6-3-2-4-7-15/h2-4,6-7H,5,8-13H2,1H3,(H,22,25). The smallest absolute Gasteiger partial charge is 0.263 e. The molecule has 0 fully saturated rings. The van der Waals surface area contributed by atoms with E-state index < -0.39 is 0 Å². The first kappa shape index (κ1) is 19.2. The van der Waals surface area contributed by atoms with Crippen LogP contribution >= 0.6 is 23.1 Å². The quantitative estimate of drug-likeness (QED) is 0.366. The van der Waals surface area contributed by atoms with Gasteiger partial charge < -0.3 is 5.32 Å². The number of nitrogens with one attached hydrogen (secondary N) is 1. The third-order valence-corrected chi connectivity index (χ3v) is 7.13. The first-order chi connectivity index (χ1) is 13.6. The number of hydrogen-bond donors (Lipinski definition) is 1. The zero-order valence-corrected chi connectivity index (χ0v) is 17.5. The van der Waals surface area contributed by atoms with Gasteiger partial charge in [-0.05, 0) is 36.8 Å². The minimum Gasteiger partial charge on any atom is -0.356 e. The minimum atomic E-state index is -0.0415. The lowest BCUT2D eigenvalue weighted by Gasteiger charge is -2.12. The van der Waals surface area contributed by atoms with E-state index in [9.17, 15) is 9.59 Å². The lowest BCUT2D eigenvalue weighted by atomic mass is 10.1. The number of nitrogens with zero attached hydrogens (tertiary/aromatic N) is 2. The van der Waals surface area contributed by atoms with Crippen molar-refractivity contribution in [3.8, 4) is 0 Å². The van der Waals surface area contributed by atoms with Crippen molar-refractivity contribution in [2.45, 2.75) is 44.3 Å². The third kappa shape index (κ3) is 4.00. The van der Waals surface area contributed by atoms with Crippen LogP contribution in [0.15, 0.2) is 40.3 Å². The summed E-state index contributed by atoms with van der Waals surface area (Å²) in [6.07, 6.45) is 3.97. The Morgan fingerprint density at radius 2 is 2.11 bits per heavy atom. The molecule has 2 aromatic heterocycles. The molecule has 146 valence electrons. The molecular weight excluding hydrogens is 390 g/mol. The molecule has 0 aliphatic heterocycles. The number of benzene rings is 1. The Morgan fingerprint density at radius 1 is 1.29 bits per heavy atom. The molecule has 0 unspecified atom stereocenters. The molecule has 3 aromatic rings. The highest BCUT2D eigenvalue weighted by molar-refractivity contribution is 7.99. The molecule has 28 heavy (non-hydrogen) atoms. The fourth-order valence-electron chi connectivity index (χ4n) is 3.62. The number of thioether (sulfide) groups is 1. The molecular formula is C21H23N3O2S2. The van der Waals surface area contributed by atoms with Gasteiger partial charge in [0, 0.05) is 30.6 Å². The molecule has 1 aliphatic carbocycles. The second kappa shape index (κ2) is 8.49. The largest absolute Gasteiger partial charge is 0.356 e. The number of thiophene rings is 1. The van der Waals surface area contributed by atoms with Crippen LogP contribution in [0, 0.1) is 0 Å². The number of rotatable bonds is 7. The first-order valence-electron chi connectivity index (χ1n) is 9.59. The third-order valence-electron chi connectivity index (χ3n) is 4.96. The van der Waals surface area contributed by atoms with E-state index >= 15 is 0 Å². The lowest BCUT2D eigenvalue weighted by molar-refractivity contribution is -0.118. The van der Waals surface area contributed by atoms with Crippen LogP contribution in [0.2, 0.25) is 0 Å². The molecule has 0 saturated heterocycles. The first-order valence-corrected chi connectivity index (χ1v) is 11.4. The predicted molar refractivity (Wildman–Crippen MR) is 115 cm³/mol. The predicted octanol–water partition coefficient (Wildman–Crippen LogP) is 3.42. The van der Waals surface area contributed by atoms with Gasteiger partial charge in [0.15, 0.2) is 5.16 Å². The van der Waals surface area contributed by atoms with Crippen molar-refractivity contribution in [1.82, 2.24) is 14.9 Å². The molecule has 0 atom stereocenters. The Balaban J connectivity index is 1.66. The Bertz CT molecular complexity index is 1060. The van der Waals surface area contributed by atoms with E-state index in [0.717, 1.165) is 41.1 Å². The van der Waals surface area contributed by atoms with E-state index in [-0.39, 0.29) is 11.5 Å².